The molecule has 2 aromatic rings. The lowest BCUT2D eigenvalue weighted by atomic mass is 10.1. The molecule has 0 radical (unpaired) electrons. The van der Waals surface area contributed by atoms with Crippen LogP contribution in [0.5, 0.6) is 0 Å². The maximum atomic E-state index is 8.60. The zero-order valence-electron chi connectivity index (χ0n) is 10.2. The van der Waals surface area contributed by atoms with Crippen LogP contribution >= 0.6 is 15.9 Å². The van der Waals surface area contributed by atoms with Gasteiger partial charge in [0.05, 0.1) is 11.6 Å². The van der Waals surface area contributed by atoms with Crippen molar-refractivity contribution in [1.29, 1.82) is 5.26 Å². The summed E-state index contributed by atoms with van der Waals surface area (Å²) in [6, 6.07) is 10.3. The summed E-state index contributed by atoms with van der Waals surface area (Å²) in [4.78, 5) is 6.58. The van der Waals surface area contributed by atoms with Gasteiger partial charge in [-0.2, -0.15) is 5.26 Å². The van der Waals surface area contributed by atoms with Crippen molar-refractivity contribution < 1.29 is 0 Å². The highest BCUT2D eigenvalue weighted by molar-refractivity contribution is 9.10. The summed E-state index contributed by atoms with van der Waals surface area (Å²) in [6.45, 7) is 1.58. The Hall–Kier alpha value is -1.44. The Morgan fingerprint density at radius 2 is 2.28 bits per heavy atom. The average molecular weight is 304 g/mol. The third-order valence-electron chi connectivity index (χ3n) is 2.79. The summed E-state index contributed by atoms with van der Waals surface area (Å²) in [5, 5.41) is 9.74. The van der Waals surface area contributed by atoms with Crippen LogP contribution < -0.4 is 0 Å². The van der Waals surface area contributed by atoms with Gasteiger partial charge in [0, 0.05) is 35.6 Å². The second-order valence-electron chi connectivity index (χ2n) is 4.29. The van der Waals surface area contributed by atoms with Crippen molar-refractivity contribution >= 4 is 26.8 Å². The Morgan fingerprint density at radius 3 is 3.06 bits per heavy atom. The fourth-order valence-electron chi connectivity index (χ4n) is 1.96. The van der Waals surface area contributed by atoms with E-state index in [0.717, 1.165) is 28.5 Å². The van der Waals surface area contributed by atoms with Crippen LogP contribution in [0.15, 0.2) is 34.9 Å². The first-order valence-electron chi connectivity index (χ1n) is 5.79. The third-order valence-corrected chi connectivity index (χ3v) is 3.25. The molecule has 0 unspecified atom stereocenters. The summed E-state index contributed by atoms with van der Waals surface area (Å²) in [5.41, 5.74) is 2.21. The summed E-state index contributed by atoms with van der Waals surface area (Å²) < 4.78 is 1.06. The van der Waals surface area contributed by atoms with Gasteiger partial charge in [0.25, 0.3) is 0 Å². The molecule has 3 nitrogen and oxygen atoms in total. The van der Waals surface area contributed by atoms with Gasteiger partial charge >= 0.3 is 0 Å². The van der Waals surface area contributed by atoms with E-state index in [4.69, 9.17) is 5.26 Å². The molecule has 0 aliphatic carbocycles. The van der Waals surface area contributed by atoms with Crippen LogP contribution in [-0.2, 0) is 6.54 Å². The molecule has 2 rings (SSSR count). The van der Waals surface area contributed by atoms with Gasteiger partial charge in [-0.3, -0.25) is 4.98 Å². The van der Waals surface area contributed by atoms with Crippen LogP contribution in [0.1, 0.15) is 12.0 Å². The van der Waals surface area contributed by atoms with Gasteiger partial charge < -0.3 is 4.90 Å². The molecule has 0 fully saturated rings. The van der Waals surface area contributed by atoms with Gasteiger partial charge in [-0.1, -0.05) is 22.0 Å². The SMILES string of the molecule is CN(CCC#N)Cc1cc(Br)cc2cccnc12. The number of hydrogen-bond acceptors (Lipinski definition) is 3. The van der Waals surface area contributed by atoms with Crippen LogP contribution in [0.2, 0.25) is 0 Å². The van der Waals surface area contributed by atoms with Crippen LogP contribution in [-0.4, -0.2) is 23.5 Å². The molecule has 1 heterocycles. The Labute approximate surface area is 115 Å². The zero-order valence-corrected chi connectivity index (χ0v) is 11.8. The number of nitrogens with zero attached hydrogens (tertiary/aromatic N) is 3. The molecular weight excluding hydrogens is 290 g/mol. The maximum Gasteiger partial charge on any atom is 0.0747 e. The van der Waals surface area contributed by atoms with E-state index in [2.05, 4.69) is 50.1 Å². The molecule has 0 spiro atoms. The number of nitriles is 1. The molecular formula is C14H14BrN3. The van der Waals surface area contributed by atoms with Gasteiger partial charge in [-0.15, -0.1) is 0 Å². The number of hydrogen-bond donors (Lipinski definition) is 0. The number of benzene rings is 1. The second kappa shape index (κ2) is 5.94. The van der Waals surface area contributed by atoms with Crippen molar-refractivity contribution in [2.45, 2.75) is 13.0 Å². The first-order chi connectivity index (χ1) is 8.70. The number of aromatic nitrogens is 1. The largest absolute Gasteiger partial charge is 0.301 e. The Bertz CT molecular complexity index is 589. The van der Waals surface area contributed by atoms with Crippen molar-refractivity contribution in [3.8, 4) is 6.07 Å². The van der Waals surface area contributed by atoms with E-state index < -0.39 is 0 Å². The van der Waals surface area contributed by atoms with Gasteiger partial charge in [0.2, 0.25) is 0 Å². The molecule has 1 aromatic heterocycles. The lowest BCUT2D eigenvalue weighted by Gasteiger charge is -2.16. The van der Waals surface area contributed by atoms with E-state index >= 15 is 0 Å². The molecule has 18 heavy (non-hydrogen) atoms. The van der Waals surface area contributed by atoms with Gasteiger partial charge in [0.15, 0.2) is 0 Å². The van der Waals surface area contributed by atoms with Crippen LogP contribution in [0.25, 0.3) is 10.9 Å². The molecule has 0 bridgehead atoms. The third kappa shape index (κ3) is 3.06. The van der Waals surface area contributed by atoms with Crippen molar-refractivity contribution in [1.82, 2.24) is 9.88 Å². The van der Waals surface area contributed by atoms with E-state index in [9.17, 15) is 0 Å². The molecule has 0 aliphatic rings. The standard InChI is InChI=1S/C14H14BrN3/c1-18(7-3-5-16)10-12-9-13(15)8-11-4-2-6-17-14(11)12/h2,4,6,8-9H,3,7,10H2,1H3. The monoisotopic (exact) mass is 303 g/mol. The van der Waals surface area contributed by atoms with E-state index in [1.807, 2.05) is 19.3 Å². The minimum absolute atomic E-state index is 0.551. The van der Waals surface area contributed by atoms with Crippen LogP contribution in [0, 0.1) is 11.3 Å². The first-order valence-corrected chi connectivity index (χ1v) is 6.58. The predicted molar refractivity (Wildman–Crippen MR) is 76.0 cm³/mol. The van der Waals surface area contributed by atoms with E-state index in [-0.39, 0.29) is 0 Å². The number of rotatable bonds is 4. The molecule has 0 saturated carbocycles. The number of pyridine rings is 1. The minimum Gasteiger partial charge on any atom is -0.301 e. The summed E-state index contributed by atoms with van der Waals surface area (Å²) >= 11 is 3.53. The van der Waals surface area contributed by atoms with Crippen molar-refractivity contribution in [2.24, 2.45) is 0 Å². The van der Waals surface area contributed by atoms with Crippen molar-refractivity contribution in [3.05, 3.63) is 40.5 Å². The van der Waals surface area contributed by atoms with Gasteiger partial charge in [0.1, 0.15) is 0 Å². The molecule has 0 amide bonds. The van der Waals surface area contributed by atoms with Crippen LogP contribution in [0.4, 0.5) is 0 Å². The molecule has 92 valence electrons. The van der Waals surface area contributed by atoms with Gasteiger partial charge in [-0.25, -0.2) is 0 Å². The van der Waals surface area contributed by atoms with E-state index in [1.54, 1.807) is 0 Å². The molecule has 0 N–H and O–H groups in total. The highest BCUT2D eigenvalue weighted by Crippen LogP contribution is 2.23. The first kappa shape index (κ1) is 13.0. The summed E-state index contributed by atoms with van der Waals surface area (Å²) in [5.74, 6) is 0. The number of halogens is 1. The summed E-state index contributed by atoms with van der Waals surface area (Å²) in [6.07, 6.45) is 2.37. The highest BCUT2D eigenvalue weighted by atomic mass is 79.9. The van der Waals surface area contributed by atoms with Gasteiger partial charge in [-0.05, 0) is 30.8 Å². The normalized spacial score (nSPS) is 10.8. The smallest absolute Gasteiger partial charge is 0.0747 e. The second-order valence-corrected chi connectivity index (χ2v) is 5.20. The Morgan fingerprint density at radius 1 is 1.44 bits per heavy atom. The zero-order chi connectivity index (χ0) is 13.0. The van der Waals surface area contributed by atoms with Crippen molar-refractivity contribution in [3.63, 3.8) is 0 Å². The predicted octanol–water partition coefficient (Wildman–Crippen LogP) is 3.34. The summed E-state index contributed by atoms with van der Waals surface area (Å²) in [7, 11) is 2.02. The highest BCUT2D eigenvalue weighted by Gasteiger charge is 2.07. The molecule has 0 atom stereocenters. The molecule has 0 aliphatic heterocycles. The van der Waals surface area contributed by atoms with E-state index in [1.165, 1.54) is 5.56 Å². The minimum atomic E-state index is 0.551. The Kier molecular flexibility index (Phi) is 4.29. The fraction of sp³-hybridized carbons (Fsp3) is 0.286. The topological polar surface area (TPSA) is 39.9 Å². The maximum absolute atomic E-state index is 8.60. The lowest BCUT2D eigenvalue weighted by molar-refractivity contribution is 0.336. The Balaban J connectivity index is 2.30. The molecule has 4 heteroatoms. The lowest BCUT2D eigenvalue weighted by Crippen LogP contribution is -2.19. The molecule has 0 saturated heterocycles. The number of fused-ring (bicyclic) bond motifs is 1. The quantitative estimate of drug-likeness (QED) is 0.869. The van der Waals surface area contributed by atoms with E-state index in [0.29, 0.717) is 6.42 Å². The van der Waals surface area contributed by atoms with Crippen LogP contribution in [0.3, 0.4) is 0 Å². The van der Waals surface area contributed by atoms with Crippen molar-refractivity contribution in [2.75, 3.05) is 13.6 Å². The average Bonchev–Trinajstić information content (AvgIpc) is 2.36. The molecule has 1 aromatic carbocycles. The fourth-order valence-corrected chi connectivity index (χ4v) is 2.48.